The number of carbonyl (C=O) groups is 1. The van der Waals surface area contributed by atoms with Crippen LogP contribution in [0.5, 0.6) is 0 Å². The summed E-state index contributed by atoms with van der Waals surface area (Å²) in [5.74, 6) is -0.586. The van der Waals surface area contributed by atoms with Crippen LogP contribution in [0.15, 0.2) is 48.5 Å². The molecule has 0 saturated carbocycles. The molecule has 1 aliphatic rings. The molecule has 0 aromatic heterocycles. The van der Waals surface area contributed by atoms with Crippen molar-refractivity contribution in [2.45, 2.75) is 25.3 Å². The van der Waals surface area contributed by atoms with E-state index in [9.17, 15) is 13.6 Å². The number of anilines is 1. The average Bonchev–Trinajstić information content (AvgIpc) is 2.58. The lowest BCUT2D eigenvalue weighted by Crippen LogP contribution is -2.45. The van der Waals surface area contributed by atoms with Gasteiger partial charge in [0.25, 0.3) is 0 Å². The largest absolute Gasteiger partial charge is 0.371 e. The molecule has 24 heavy (non-hydrogen) atoms. The van der Waals surface area contributed by atoms with Crippen LogP contribution in [-0.2, 0) is 11.2 Å². The maximum atomic E-state index is 13.3. The van der Waals surface area contributed by atoms with Gasteiger partial charge < -0.3 is 10.2 Å². The van der Waals surface area contributed by atoms with Crippen LogP contribution in [0.4, 0.5) is 14.5 Å². The number of piperidine rings is 1. The van der Waals surface area contributed by atoms with Gasteiger partial charge >= 0.3 is 0 Å². The molecule has 0 atom stereocenters. The van der Waals surface area contributed by atoms with Gasteiger partial charge in [-0.15, -0.1) is 0 Å². The molecule has 1 N–H and O–H groups in total. The fourth-order valence-corrected chi connectivity index (χ4v) is 3.02. The minimum Gasteiger partial charge on any atom is -0.371 e. The quantitative estimate of drug-likeness (QED) is 0.933. The summed E-state index contributed by atoms with van der Waals surface area (Å²) in [6, 6.07) is 12.7. The first-order chi connectivity index (χ1) is 11.6. The third kappa shape index (κ3) is 4.31. The molecule has 1 saturated heterocycles. The Morgan fingerprint density at radius 2 is 1.75 bits per heavy atom. The van der Waals surface area contributed by atoms with Crippen LogP contribution in [0, 0.1) is 11.6 Å². The molecule has 0 aliphatic carbocycles. The van der Waals surface area contributed by atoms with E-state index in [1.165, 1.54) is 24.3 Å². The number of hydrogen-bond donors (Lipinski definition) is 1. The first-order valence-electron chi connectivity index (χ1n) is 8.14. The van der Waals surface area contributed by atoms with Crippen molar-refractivity contribution in [1.82, 2.24) is 5.32 Å². The van der Waals surface area contributed by atoms with Gasteiger partial charge in [-0.05, 0) is 48.7 Å². The SMILES string of the molecule is O=C(Cc1ccc(F)cc1)NC1CCN(c2cccc(F)c2)CC1. The van der Waals surface area contributed by atoms with Crippen molar-refractivity contribution in [3.63, 3.8) is 0 Å². The molecule has 1 aliphatic heterocycles. The lowest BCUT2D eigenvalue weighted by atomic mass is 10.0. The number of nitrogens with zero attached hydrogens (tertiary/aromatic N) is 1. The summed E-state index contributed by atoms with van der Waals surface area (Å²) >= 11 is 0. The predicted octanol–water partition coefficient (Wildman–Crippen LogP) is 3.29. The molecule has 0 spiro atoms. The molecule has 2 aromatic carbocycles. The molecule has 126 valence electrons. The highest BCUT2D eigenvalue weighted by Crippen LogP contribution is 2.20. The average molecular weight is 330 g/mol. The van der Waals surface area contributed by atoms with Crippen molar-refractivity contribution in [2.75, 3.05) is 18.0 Å². The predicted molar refractivity (Wildman–Crippen MR) is 89.9 cm³/mol. The lowest BCUT2D eigenvalue weighted by molar-refractivity contribution is -0.121. The van der Waals surface area contributed by atoms with Crippen LogP contribution in [-0.4, -0.2) is 25.0 Å². The Kier molecular flexibility index (Phi) is 5.08. The third-order valence-electron chi connectivity index (χ3n) is 4.31. The summed E-state index contributed by atoms with van der Waals surface area (Å²) in [4.78, 5) is 14.2. The van der Waals surface area contributed by atoms with Gasteiger partial charge in [0.05, 0.1) is 6.42 Å². The van der Waals surface area contributed by atoms with E-state index in [0.29, 0.717) is 0 Å². The van der Waals surface area contributed by atoms with Crippen molar-refractivity contribution in [3.8, 4) is 0 Å². The summed E-state index contributed by atoms with van der Waals surface area (Å²) in [6.45, 7) is 1.57. The minimum atomic E-state index is -0.302. The van der Waals surface area contributed by atoms with Crippen LogP contribution >= 0.6 is 0 Å². The van der Waals surface area contributed by atoms with Gasteiger partial charge in [0.15, 0.2) is 0 Å². The molecular weight excluding hydrogens is 310 g/mol. The van der Waals surface area contributed by atoms with Crippen molar-refractivity contribution in [2.24, 2.45) is 0 Å². The summed E-state index contributed by atoms with van der Waals surface area (Å²) in [7, 11) is 0. The van der Waals surface area contributed by atoms with Gasteiger partial charge in [-0.1, -0.05) is 18.2 Å². The fourth-order valence-electron chi connectivity index (χ4n) is 3.02. The summed E-state index contributed by atoms with van der Waals surface area (Å²) in [5, 5.41) is 3.03. The van der Waals surface area contributed by atoms with E-state index in [0.717, 1.165) is 37.2 Å². The summed E-state index contributed by atoms with van der Waals surface area (Å²) in [6.07, 6.45) is 1.90. The van der Waals surface area contributed by atoms with E-state index >= 15 is 0 Å². The monoisotopic (exact) mass is 330 g/mol. The van der Waals surface area contributed by atoms with E-state index in [1.807, 2.05) is 6.07 Å². The third-order valence-corrected chi connectivity index (χ3v) is 4.31. The van der Waals surface area contributed by atoms with Gasteiger partial charge in [0.1, 0.15) is 11.6 Å². The Morgan fingerprint density at radius 1 is 1.04 bits per heavy atom. The minimum absolute atomic E-state index is 0.0502. The molecule has 3 nitrogen and oxygen atoms in total. The first kappa shape index (κ1) is 16.4. The number of halogens is 2. The summed E-state index contributed by atoms with van der Waals surface area (Å²) in [5.41, 5.74) is 1.68. The normalized spacial score (nSPS) is 15.3. The highest BCUT2D eigenvalue weighted by Gasteiger charge is 2.21. The van der Waals surface area contributed by atoms with Crippen LogP contribution in [0.25, 0.3) is 0 Å². The second-order valence-electron chi connectivity index (χ2n) is 6.11. The van der Waals surface area contributed by atoms with Crippen molar-refractivity contribution >= 4 is 11.6 Å². The maximum Gasteiger partial charge on any atom is 0.224 e. The maximum absolute atomic E-state index is 13.3. The Labute approximate surface area is 140 Å². The van der Waals surface area contributed by atoms with E-state index in [4.69, 9.17) is 0 Å². The van der Waals surface area contributed by atoms with E-state index < -0.39 is 0 Å². The number of hydrogen-bond acceptors (Lipinski definition) is 2. The van der Waals surface area contributed by atoms with E-state index in [1.54, 1.807) is 18.2 Å². The molecule has 1 heterocycles. The van der Waals surface area contributed by atoms with Gasteiger partial charge in [0, 0.05) is 24.8 Å². The number of nitrogens with one attached hydrogen (secondary N) is 1. The number of benzene rings is 2. The Hall–Kier alpha value is -2.43. The van der Waals surface area contributed by atoms with Crippen LogP contribution in [0.1, 0.15) is 18.4 Å². The first-order valence-corrected chi connectivity index (χ1v) is 8.14. The van der Waals surface area contributed by atoms with Gasteiger partial charge in [-0.2, -0.15) is 0 Å². The zero-order valence-corrected chi connectivity index (χ0v) is 13.3. The Balaban J connectivity index is 1.48. The van der Waals surface area contributed by atoms with E-state index in [2.05, 4.69) is 10.2 Å². The van der Waals surface area contributed by atoms with Crippen molar-refractivity contribution in [3.05, 3.63) is 65.7 Å². The Morgan fingerprint density at radius 3 is 2.42 bits per heavy atom. The molecule has 0 bridgehead atoms. The van der Waals surface area contributed by atoms with Crippen molar-refractivity contribution < 1.29 is 13.6 Å². The van der Waals surface area contributed by atoms with Gasteiger partial charge in [-0.3, -0.25) is 4.79 Å². The molecular formula is C19H20F2N2O. The molecule has 0 unspecified atom stereocenters. The number of carbonyl (C=O) groups excluding carboxylic acids is 1. The molecule has 0 radical (unpaired) electrons. The van der Waals surface area contributed by atoms with Gasteiger partial charge in [-0.25, -0.2) is 8.78 Å². The highest BCUT2D eigenvalue weighted by molar-refractivity contribution is 5.78. The summed E-state index contributed by atoms with van der Waals surface area (Å²) < 4.78 is 26.2. The second kappa shape index (κ2) is 7.43. The second-order valence-corrected chi connectivity index (χ2v) is 6.11. The molecule has 5 heteroatoms. The zero-order chi connectivity index (χ0) is 16.9. The number of amides is 1. The smallest absolute Gasteiger partial charge is 0.224 e. The standard InChI is InChI=1S/C19H20F2N2O/c20-15-6-4-14(5-7-15)12-19(24)22-17-8-10-23(11-9-17)18-3-1-2-16(21)13-18/h1-7,13,17H,8-12H2,(H,22,24). The molecule has 2 aromatic rings. The number of rotatable bonds is 4. The zero-order valence-electron chi connectivity index (χ0n) is 13.3. The molecule has 1 fully saturated rings. The van der Waals surface area contributed by atoms with E-state index in [-0.39, 0.29) is 30.0 Å². The fraction of sp³-hybridized carbons (Fsp3) is 0.316. The molecule has 3 rings (SSSR count). The van der Waals surface area contributed by atoms with Gasteiger partial charge in [0.2, 0.25) is 5.91 Å². The van der Waals surface area contributed by atoms with Crippen LogP contribution in [0.3, 0.4) is 0 Å². The molecule has 1 amide bonds. The van der Waals surface area contributed by atoms with Crippen LogP contribution < -0.4 is 10.2 Å². The lowest BCUT2D eigenvalue weighted by Gasteiger charge is -2.34. The Bertz CT molecular complexity index is 695. The van der Waals surface area contributed by atoms with Crippen LogP contribution in [0.2, 0.25) is 0 Å². The van der Waals surface area contributed by atoms with Crippen molar-refractivity contribution in [1.29, 1.82) is 0 Å². The topological polar surface area (TPSA) is 32.3 Å². The highest BCUT2D eigenvalue weighted by atomic mass is 19.1.